The number of benzene rings is 3. The largest absolute Gasteiger partial charge is 0.381 e. The van der Waals surface area contributed by atoms with Crippen molar-refractivity contribution >= 4 is 32.2 Å². The quantitative estimate of drug-likeness (QED) is 0.420. The van der Waals surface area contributed by atoms with Crippen molar-refractivity contribution in [2.75, 3.05) is 16.9 Å². The molecule has 5 nitrogen and oxygen atoms in total. The van der Waals surface area contributed by atoms with Crippen molar-refractivity contribution in [3.05, 3.63) is 95.6 Å². The summed E-state index contributed by atoms with van der Waals surface area (Å²) in [5.74, 6) is 0.887. The summed E-state index contributed by atoms with van der Waals surface area (Å²) >= 11 is 0. The predicted octanol–water partition coefficient (Wildman–Crippen LogP) is 5.35. The number of aryl methyl sites for hydroxylation is 1. The Kier molecular flexibility index (Phi) is 5.31. The normalized spacial score (nSPS) is 15.5. The van der Waals surface area contributed by atoms with E-state index in [1.807, 2.05) is 24.3 Å². The van der Waals surface area contributed by atoms with E-state index in [-0.39, 0.29) is 0 Å². The second-order valence-corrected chi connectivity index (χ2v) is 10.3. The minimum absolute atomic E-state index is 0.305. The molecular formula is C26H25N3O2S. The lowest BCUT2D eigenvalue weighted by Crippen LogP contribution is -2.08. The van der Waals surface area contributed by atoms with Gasteiger partial charge in [-0.2, -0.15) is 0 Å². The van der Waals surface area contributed by atoms with Crippen molar-refractivity contribution in [1.29, 1.82) is 0 Å². The van der Waals surface area contributed by atoms with Gasteiger partial charge in [0.2, 0.25) is 0 Å². The second-order valence-electron chi connectivity index (χ2n) is 8.31. The fourth-order valence-electron chi connectivity index (χ4n) is 4.29. The molecule has 1 aliphatic rings. The van der Waals surface area contributed by atoms with Crippen LogP contribution in [0.3, 0.4) is 0 Å². The number of aromatic nitrogens is 1. The lowest BCUT2D eigenvalue weighted by Gasteiger charge is -2.15. The Morgan fingerprint density at radius 1 is 0.969 bits per heavy atom. The summed E-state index contributed by atoms with van der Waals surface area (Å²) in [6.07, 6.45) is 3.41. The molecule has 6 heteroatoms. The fraction of sp³-hybridized carbons (Fsp3) is 0.192. The van der Waals surface area contributed by atoms with Crippen molar-refractivity contribution in [3.8, 4) is 0 Å². The van der Waals surface area contributed by atoms with E-state index < -0.39 is 9.84 Å². The van der Waals surface area contributed by atoms with Crippen LogP contribution in [0.2, 0.25) is 0 Å². The number of hydrogen-bond acceptors (Lipinski definition) is 5. The van der Waals surface area contributed by atoms with E-state index in [2.05, 4.69) is 47.0 Å². The van der Waals surface area contributed by atoms with E-state index in [4.69, 9.17) is 4.98 Å². The van der Waals surface area contributed by atoms with Gasteiger partial charge in [-0.05, 0) is 72.0 Å². The molecule has 1 atom stereocenters. The van der Waals surface area contributed by atoms with Crippen LogP contribution >= 0.6 is 0 Å². The van der Waals surface area contributed by atoms with Gasteiger partial charge in [-0.1, -0.05) is 36.4 Å². The first-order chi connectivity index (χ1) is 15.5. The maximum Gasteiger partial charge on any atom is 0.175 e. The fourth-order valence-corrected chi connectivity index (χ4v) is 4.98. The lowest BCUT2D eigenvalue weighted by atomic mass is 10.1. The van der Waals surface area contributed by atoms with Gasteiger partial charge >= 0.3 is 0 Å². The molecule has 0 aliphatic heterocycles. The zero-order chi connectivity index (χ0) is 22.1. The highest BCUT2D eigenvalue weighted by atomic mass is 32.2. The van der Waals surface area contributed by atoms with Crippen LogP contribution in [0, 0.1) is 0 Å². The van der Waals surface area contributed by atoms with Gasteiger partial charge < -0.3 is 10.6 Å². The Bertz CT molecular complexity index is 1400. The van der Waals surface area contributed by atoms with Gasteiger partial charge in [0, 0.05) is 23.9 Å². The second kappa shape index (κ2) is 8.28. The molecule has 1 heterocycles. The highest BCUT2D eigenvalue weighted by Crippen LogP contribution is 2.33. The molecule has 5 rings (SSSR count). The first kappa shape index (κ1) is 20.5. The molecule has 1 aromatic heterocycles. The van der Waals surface area contributed by atoms with Crippen LogP contribution in [-0.2, 0) is 22.8 Å². The summed E-state index contributed by atoms with van der Waals surface area (Å²) < 4.78 is 23.5. The van der Waals surface area contributed by atoms with Crippen LogP contribution in [0.4, 0.5) is 11.5 Å². The number of anilines is 2. The average Bonchev–Trinajstić information content (AvgIpc) is 3.20. The summed E-state index contributed by atoms with van der Waals surface area (Å²) in [6.45, 7) is 0.545. The number of sulfone groups is 1. The zero-order valence-electron chi connectivity index (χ0n) is 17.9. The first-order valence-electron chi connectivity index (χ1n) is 10.7. The molecule has 0 unspecified atom stereocenters. The summed E-state index contributed by atoms with van der Waals surface area (Å²) in [7, 11) is -3.21. The predicted molar refractivity (Wildman–Crippen MR) is 130 cm³/mol. The van der Waals surface area contributed by atoms with E-state index in [0.717, 1.165) is 40.8 Å². The van der Waals surface area contributed by atoms with E-state index in [1.54, 1.807) is 18.2 Å². The van der Waals surface area contributed by atoms with Gasteiger partial charge in [-0.3, -0.25) is 0 Å². The number of hydrogen-bond donors (Lipinski definition) is 2. The van der Waals surface area contributed by atoms with E-state index >= 15 is 0 Å². The molecule has 0 amide bonds. The van der Waals surface area contributed by atoms with Gasteiger partial charge in [0.1, 0.15) is 5.82 Å². The van der Waals surface area contributed by atoms with Crippen molar-refractivity contribution < 1.29 is 8.42 Å². The van der Waals surface area contributed by atoms with Crippen LogP contribution in [-0.4, -0.2) is 19.7 Å². The van der Waals surface area contributed by atoms with Crippen LogP contribution in [0.5, 0.6) is 0 Å². The Morgan fingerprint density at radius 3 is 2.72 bits per heavy atom. The van der Waals surface area contributed by atoms with Gasteiger partial charge in [0.05, 0.1) is 16.5 Å². The molecule has 0 spiro atoms. The van der Waals surface area contributed by atoms with Gasteiger partial charge in [-0.25, -0.2) is 13.4 Å². The van der Waals surface area contributed by atoms with Crippen LogP contribution in [0.15, 0.2) is 83.8 Å². The third-order valence-corrected chi connectivity index (χ3v) is 7.08. The minimum atomic E-state index is -3.21. The molecule has 0 radical (unpaired) electrons. The monoisotopic (exact) mass is 443 g/mol. The zero-order valence-corrected chi connectivity index (χ0v) is 18.7. The molecule has 2 N–H and O–H groups in total. The summed E-state index contributed by atoms with van der Waals surface area (Å²) in [6, 6.07) is 26.1. The van der Waals surface area contributed by atoms with Crippen LogP contribution in [0.25, 0.3) is 10.9 Å². The minimum Gasteiger partial charge on any atom is -0.381 e. The smallest absolute Gasteiger partial charge is 0.175 e. The molecule has 0 saturated carbocycles. The van der Waals surface area contributed by atoms with Gasteiger partial charge in [0.25, 0.3) is 0 Å². The molecule has 1 aliphatic carbocycles. The highest BCUT2D eigenvalue weighted by Gasteiger charge is 2.21. The molecule has 0 fully saturated rings. The van der Waals surface area contributed by atoms with Gasteiger partial charge in [-0.15, -0.1) is 0 Å². The Balaban J connectivity index is 1.29. The van der Waals surface area contributed by atoms with E-state index in [1.165, 1.54) is 17.4 Å². The van der Waals surface area contributed by atoms with Crippen LogP contribution < -0.4 is 10.6 Å². The highest BCUT2D eigenvalue weighted by molar-refractivity contribution is 7.90. The maximum absolute atomic E-state index is 11.8. The average molecular weight is 444 g/mol. The van der Waals surface area contributed by atoms with Gasteiger partial charge in [0.15, 0.2) is 9.84 Å². The number of rotatable bonds is 6. The van der Waals surface area contributed by atoms with E-state index in [9.17, 15) is 8.42 Å². The molecule has 0 bridgehead atoms. The number of nitrogens with one attached hydrogen (secondary N) is 2. The van der Waals surface area contributed by atoms with E-state index in [0.29, 0.717) is 17.5 Å². The molecular weight excluding hydrogens is 418 g/mol. The van der Waals surface area contributed by atoms with Crippen molar-refractivity contribution in [1.82, 2.24) is 4.98 Å². The summed E-state index contributed by atoms with van der Waals surface area (Å²) in [4.78, 5) is 5.14. The lowest BCUT2D eigenvalue weighted by molar-refractivity contribution is 0.601. The molecule has 0 saturated heterocycles. The summed E-state index contributed by atoms with van der Waals surface area (Å²) in [5.41, 5.74) is 5.61. The van der Waals surface area contributed by atoms with Crippen LogP contribution in [0.1, 0.15) is 29.2 Å². The SMILES string of the molecule is CS(=O)(=O)c1cccc(CNc2ccc3nc(N[C@@H]4CCc5ccccc54)ccc3c2)c1. The molecule has 32 heavy (non-hydrogen) atoms. The third-order valence-electron chi connectivity index (χ3n) is 5.97. The molecule has 162 valence electrons. The third kappa shape index (κ3) is 4.32. The Hall–Kier alpha value is -3.38. The van der Waals surface area contributed by atoms with Crippen molar-refractivity contribution in [2.45, 2.75) is 30.3 Å². The number of pyridine rings is 1. The maximum atomic E-state index is 11.8. The molecule has 3 aromatic carbocycles. The Labute approximate surface area is 188 Å². The summed E-state index contributed by atoms with van der Waals surface area (Å²) in [5, 5.41) is 8.02. The standard InChI is InChI=1S/C26H25N3O2S/c1-32(30,31)22-7-4-5-18(15-22)17-27-21-11-13-24-20(16-21)10-14-26(28-24)29-25-12-9-19-6-2-3-8-23(19)25/h2-8,10-11,13-16,25,27H,9,12,17H2,1H3,(H,28,29)/t25-/m1/s1. The number of fused-ring (bicyclic) bond motifs is 2. The Morgan fingerprint density at radius 2 is 1.84 bits per heavy atom. The van der Waals surface area contributed by atoms with Crippen molar-refractivity contribution in [3.63, 3.8) is 0 Å². The van der Waals surface area contributed by atoms with Crippen molar-refractivity contribution in [2.24, 2.45) is 0 Å². The topological polar surface area (TPSA) is 71.1 Å². The first-order valence-corrected chi connectivity index (χ1v) is 12.6. The molecule has 4 aromatic rings. The number of nitrogens with zero attached hydrogens (tertiary/aromatic N) is 1.